The summed E-state index contributed by atoms with van der Waals surface area (Å²) >= 11 is 3.04. The van der Waals surface area contributed by atoms with Crippen LogP contribution in [0.3, 0.4) is 0 Å². The predicted molar refractivity (Wildman–Crippen MR) is 64.8 cm³/mol. The van der Waals surface area contributed by atoms with Gasteiger partial charge in [0.05, 0.1) is 0 Å². The van der Waals surface area contributed by atoms with Gasteiger partial charge < -0.3 is 9.52 Å². The first-order chi connectivity index (χ1) is 7.97. The zero-order valence-electron chi connectivity index (χ0n) is 9.31. The Hall–Kier alpha value is -0.370. The monoisotopic (exact) mass is 323 g/mol. The van der Waals surface area contributed by atoms with E-state index in [-0.39, 0.29) is 28.0 Å². The summed E-state index contributed by atoms with van der Waals surface area (Å²) in [4.78, 5) is 0.0447. The van der Waals surface area contributed by atoms with Crippen LogP contribution < -0.4 is 4.72 Å². The van der Waals surface area contributed by atoms with Crippen LogP contribution in [0.15, 0.2) is 20.0 Å². The molecular formula is C10H14BrNO4S. The highest BCUT2D eigenvalue weighted by Crippen LogP contribution is 2.35. The Morgan fingerprint density at radius 2 is 2.35 bits per heavy atom. The topological polar surface area (TPSA) is 79.5 Å². The second kappa shape index (κ2) is 4.72. The number of sulfonamides is 1. The van der Waals surface area contributed by atoms with Gasteiger partial charge in [0.25, 0.3) is 0 Å². The Balaban J connectivity index is 2.17. The van der Waals surface area contributed by atoms with Crippen LogP contribution in [-0.2, 0) is 16.6 Å². The van der Waals surface area contributed by atoms with Crippen molar-refractivity contribution in [2.45, 2.75) is 37.3 Å². The molecule has 1 heterocycles. The van der Waals surface area contributed by atoms with Crippen LogP contribution in [0.5, 0.6) is 0 Å². The van der Waals surface area contributed by atoms with Crippen molar-refractivity contribution in [3.8, 4) is 0 Å². The lowest BCUT2D eigenvalue weighted by molar-refractivity contribution is 0.245. The third kappa shape index (κ3) is 2.73. The highest BCUT2D eigenvalue weighted by Gasteiger charge is 2.39. The van der Waals surface area contributed by atoms with Crippen LogP contribution in [0.1, 0.15) is 25.5 Å². The summed E-state index contributed by atoms with van der Waals surface area (Å²) in [7, 11) is -3.56. The van der Waals surface area contributed by atoms with E-state index in [2.05, 4.69) is 20.7 Å². The molecule has 17 heavy (non-hydrogen) atoms. The van der Waals surface area contributed by atoms with Crippen molar-refractivity contribution >= 4 is 26.0 Å². The van der Waals surface area contributed by atoms with Crippen LogP contribution in [0.25, 0.3) is 0 Å². The van der Waals surface area contributed by atoms with Gasteiger partial charge in [-0.15, -0.1) is 0 Å². The second-order valence-electron chi connectivity index (χ2n) is 4.14. The largest absolute Gasteiger partial charge is 0.450 e. The summed E-state index contributed by atoms with van der Waals surface area (Å²) in [6.45, 7) is 1.71. The lowest BCUT2D eigenvalue weighted by Crippen LogP contribution is -2.27. The third-order valence-electron chi connectivity index (χ3n) is 2.91. The maximum absolute atomic E-state index is 12.0. The molecule has 1 saturated carbocycles. The molecule has 1 aliphatic rings. The van der Waals surface area contributed by atoms with Gasteiger partial charge in [0.1, 0.15) is 17.3 Å². The van der Waals surface area contributed by atoms with Crippen molar-refractivity contribution in [3.63, 3.8) is 0 Å². The summed E-state index contributed by atoms with van der Waals surface area (Å²) in [6.07, 6.45) is 1.86. The summed E-state index contributed by atoms with van der Waals surface area (Å²) in [6, 6.07) is 1.36. The van der Waals surface area contributed by atoms with Crippen molar-refractivity contribution in [1.29, 1.82) is 0 Å². The van der Waals surface area contributed by atoms with E-state index in [1.165, 1.54) is 6.07 Å². The molecule has 0 radical (unpaired) electrons. The van der Waals surface area contributed by atoms with Crippen molar-refractivity contribution < 1.29 is 17.9 Å². The Kier molecular flexibility index (Phi) is 3.63. The van der Waals surface area contributed by atoms with Gasteiger partial charge in [-0.05, 0) is 28.3 Å². The summed E-state index contributed by atoms with van der Waals surface area (Å²) < 4.78 is 31.8. The molecule has 1 fully saturated rings. The molecule has 5 nitrogen and oxygen atoms in total. The average molecular weight is 324 g/mol. The fraction of sp³-hybridized carbons (Fsp3) is 0.600. The third-order valence-corrected chi connectivity index (χ3v) is 5.25. The van der Waals surface area contributed by atoms with Crippen molar-refractivity contribution in [2.75, 3.05) is 0 Å². The molecule has 2 unspecified atom stereocenters. The van der Waals surface area contributed by atoms with Crippen molar-refractivity contribution in [2.24, 2.45) is 5.92 Å². The predicted octanol–water partition coefficient (Wildman–Crippen LogP) is 1.61. The first-order valence-electron chi connectivity index (χ1n) is 5.39. The molecule has 1 aromatic rings. The van der Waals surface area contributed by atoms with Gasteiger partial charge in [-0.3, -0.25) is 0 Å². The number of nitrogens with one attached hydrogen (secondary N) is 1. The zero-order chi connectivity index (χ0) is 12.6. The minimum atomic E-state index is -3.56. The Morgan fingerprint density at radius 1 is 1.65 bits per heavy atom. The molecule has 1 aromatic heterocycles. The highest BCUT2D eigenvalue weighted by atomic mass is 79.9. The lowest BCUT2D eigenvalue weighted by atomic mass is 10.3. The number of rotatable bonds is 5. The number of halogens is 1. The molecule has 0 spiro atoms. The Labute approximate surface area is 108 Å². The van der Waals surface area contributed by atoms with E-state index < -0.39 is 10.0 Å². The van der Waals surface area contributed by atoms with Gasteiger partial charge in [0.15, 0.2) is 4.67 Å². The number of hydrogen-bond donors (Lipinski definition) is 2. The van der Waals surface area contributed by atoms with Gasteiger partial charge in [-0.1, -0.05) is 13.3 Å². The highest BCUT2D eigenvalue weighted by molar-refractivity contribution is 9.10. The molecule has 7 heteroatoms. The molecule has 2 rings (SSSR count). The molecule has 1 aliphatic carbocycles. The van der Waals surface area contributed by atoms with Crippen molar-refractivity contribution in [1.82, 2.24) is 4.72 Å². The number of hydrogen-bond acceptors (Lipinski definition) is 4. The fourth-order valence-electron chi connectivity index (χ4n) is 1.76. The summed E-state index contributed by atoms with van der Waals surface area (Å²) in [5.41, 5.74) is 0. The molecular weight excluding hydrogens is 310 g/mol. The van der Waals surface area contributed by atoms with Crippen LogP contribution in [-0.4, -0.2) is 19.6 Å². The van der Waals surface area contributed by atoms with Crippen LogP contribution >= 0.6 is 15.9 Å². The normalized spacial score (nSPS) is 23.9. The van der Waals surface area contributed by atoms with E-state index >= 15 is 0 Å². The maximum atomic E-state index is 12.0. The van der Waals surface area contributed by atoms with Gasteiger partial charge in [-0.25, -0.2) is 13.1 Å². The van der Waals surface area contributed by atoms with Gasteiger partial charge in [-0.2, -0.15) is 0 Å². The second-order valence-corrected chi connectivity index (χ2v) is 6.54. The maximum Gasteiger partial charge on any atom is 0.245 e. The van der Waals surface area contributed by atoms with Crippen molar-refractivity contribution in [3.05, 3.63) is 16.5 Å². The molecule has 2 N–H and O–H groups in total. The van der Waals surface area contributed by atoms with Crippen LogP contribution in [0, 0.1) is 5.92 Å². The Bertz CT molecular complexity index is 510. The van der Waals surface area contributed by atoms with E-state index in [9.17, 15) is 8.42 Å². The molecule has 2 atom stereocenters. The standard InChI is InChI=1S/C10H14BrNO4S/c1-2-6-3-8(6)12-17(14,15)9-4-7(5-13)16-10(9)11/h4,6,8,12-13H,2-3,5H2,1H3. The first kappa shape index (κ1) is 13.1. The number of aliphatic hydroxyl groups excluding tert-OH is 1. The summed E-state index contributed by atoms with van der Waals surface area (Å²) in [5.74, 6) is 0.660. The fourth-order valence-corrected chi connectivity index (χ4v) is 4.08. The van der Waals surface area contributed by atoms with Crippen LogP contribution in [0.2, 0.25) is 0 Å². The van der Waals surface area contributed by atoms with E-state index in [1.54, 1.807) is 0 Å². The van der Waals surface area contributed by atoms with E-state index in [1.807, 2.05) is 6.92 Å². The molecule has 0 bridgehead atoms. The zero-order valence-corrected chi connectivity index (χ0v) is 11.7. The van der Waals surface area contributed by atoms with E-state index in [0.29, 0.717) is 5.92 Å². The number of furan rings is 1. The molecule has 0 saturated heterocycles. The SMILES string of the molecule is CCC1CC1NS(=O)(=O)c1cc(CO)oc1Br. The van der Waals surface area contributed by atoms with Gasteiger partial charge in [0.2, 0.25) is 10.0 Å². The average Bonchev–Trinajstić information content (AvgIpc) is 2.88. The molecule has 96 valence electrons. The van der Waals surface area contributed by atoms with E-state index in [4.69, 9.17) is 9.52 Å². The first-order valence-corrected chi connectivity index (χ1v) is 7.67. The van der Waals surface area contributed by atoms with Crippen LogP contribution in [0.4, 0.5) is 0 Å². The quantitative estimate of drug-likeness (QED) is 0.862. The minimum Gasteiger partial charge on any atom is -0.450 e. The van der Waals surface area contributed by atoms with Gasteiger partial charge >= 0.3 is 0 Å². The molecule has 0 amide bonds. The number of aliphatic hydroxyl groups is 1. The minimum absolute atomic E-state index is 0.0318. The summed E-state index contributed by atoms with van der Waals surface area (Å²) in [5, 5.41) is 8.89. The van der Waals surface area contributed by atoms with E-state index in [0.717, 1.165) is 12.8 Å². The molecule has 0 aromatic carbocycles. The smallest absolute Gasteiger partial charge is 0.245 e. The molecule has 0 aliphatic heterocycles. The lowest BCUT2D eigenvalue weighted by Gasteiger charge is -2.03. The van der Waals surface area contributed by atoms with Gasteiger partial charge in [0, 0.05) is 12.1 Å². The Morgan fingerprint density at radius 3 is 2.82 bits per heavy atom.